The predicted octanol–water partition coefficient (Wildman–Crippen LogP) is 5.57. The number of aryl methyl sites for hydroxylation is 1. The van der Waals surface area contributed by atoms with Crippen LogP contribution in [0.2, 0.25) is 0 Å². The molecular weight excluding hydrogens is 374 g/mol. The van der Waals surface area contributed by atoms with E-state index in [4.69, 9.17) is 4.42 Å². The number of hydrogen-bond acceptors (Lipinski definition) is 4. The first-order valence-electron chi connectivity index (χ1n) is 10.5. The molecule has 0 saturated carbocycles. The molecule has 1 amide bonds. The smallest absolute Gasteiger partial charge is 0.293 e. The zero-order chi connectivity index (χ0) is 21.5. The van der Waals surface area contributed by atoms with Crippen LogP contribution in [0.1, 0.15) is 79.1 Å². The molecule has 5 heteroatoms. The number of aromatic nitrogens is 2. The Bertz CT molecular complexity index is 1080. The second-order valence-corrected chi connectivity index (χ2v) is 9.56. The maximum atomic E-state index is 12.4. The molecule has 0 fully saturated rings. The number of anilines is 1. The normalized spacial score (nSPS) is 16.7. The van der Waals surface area contributed by atoms with Crippen LogP contribution >= 0.6 is 0 Å². The average molecular weight is 404 g/mol. The van der Waals surface area contributed by atoms with Crippen molar-refractivity contribution in [2.45, 2.75) is 64.7 Å². The van der Waals surface area contributed by atoms with Gasteiger partial charge in [-0.25, -0.2) is 9.97 Å². The molecule has 3 aromatic rings. The Morgan fingerprint density at radius 2 is 1.67 bits per heavy atom. The Kier molecular flexibility index (Phi) is 5.00. The summed E-state index contributed by atoms with van der Waals surface area (Å²) in [5.74, 6) is 0.938. The molecule has 0 bridgehead atoms. The highest BCUT2D eigenvalue weighted by Gasteiger charge is 2.37. The molecule has 156 valence electrons. The van der Waals surface area contributed by atoms with Crippen molar-refractivity contribution in [3.8, 4) is 0 Å². The topological polar surface area (TPSA) is 68.0 Å². The van der Waals surface area contributed by atoms with Gasteiger partial charge in [0.05, 0.1) is 0 Å². The minimum absolute atomic E-state index is 0.164. The van der Waals surface area contributed by atoms with Gasteiger partial charge in [0.2, 0.25) is 5.95 Å². The molecule has 1 N–H and O–H groups in total. The highest BCUT2D eigenvalue weighted by atomic mass is 16.3. The van der Waals surface area contributed by atoms with Gasteiger partial charge in [0.1, 0.15) is 5.76 Å². The van der Waals surface area contributed by atoms with E-state index in [2.05, 4.69) is 62.0 Å². The first-order chi connectivity index (χ1) is 14.2. The van der Waals surface area contributed by atoms with Gasteiger partial charge >= 0.3 is 0 Å². The van der Waals surface area contributed by atoms with Crippen LogP contribution in [0.15, 0.2) is 47.1 Å². The van der Waals surface area contributed by atoms with Crippen molar-refractivity contribution in [3.63, 3.8) is 0 Å². The molecule has 0 aliphatic heterocycles. The predicted molar refractivity (Wildman–Crippen MR) is 118 cm³/mol. The minimum Gasteiger partial charge on any atom is -0.456 e. The summed E-state index contributed by atoms with van der Waals surface area (Å²) in [6, 6.07) is 9.98. The lowest BCUT2D eigenvalue weighted by molar-refractivity contribution is 0.0994. The van der Waals surface area contributed by atoms with Crippen LogP contribution < -0.4 is 5.32 Å². The first kappa shape index (κ1) is 20.3. The highest BCUT2D eigenvalue weighted by Crippen LogP contribution is 2.46. The summed E-state index contributed by atoms with van der Waals surface area (Å²) in [5, 5.41) is 2.65. The molecule has 0 atom stereocenters. The Morgan fingerprint density at radius 3 is 2.33 bits per heavy atom. The fourth-order valence-electron chi connectivity index (χ4n) is 4.27. The summed E-state index contributed by atoms with van der Waals surface area (Å²) in [6.07, 6.45) is 6.20. The van der Waals surface area contributed by atoms with Gasteiger partial charge in [0.15, 0.2) is 5.76 Å². The molecule has 0 unspecified atom stereocenters. The van der Waals surface area contributed by atoms with E-state index < -0.39 is 0 Å². The SMILES string of the molecule is Cc1cc2c(cc1Cc1ccc(C(=O)Nc3ncccn3)o1)C(C)(C)CCC2(C)C. The number of hydrogen-bond donors (Lipinski definition) is 1. The van der Waals surface area contributed by atoms with Crippen molar-refractivity contribution in [2.75, 3.05) is 5.32 Å². The monoisotopic (exact) mass is 403 g/mol. The fraction of sp³-hybridized carbons (Fsp3) is 0.400. The molecule has 5 nitrogen and oxygen atoms in total. The molecular formula is C25H29N3O2. The summed E-state index contributed by atoms with van der Waals surface area (Å²) >= 11 is 0. The zero-order valence-electron chi connectivity index (χ0n) is 18.4. The number of benzene rings is 1. The van der Waals surface area contributed by atoms with Crippen LogP contribution in [-0.4, -0.2) is 15.9 Å². The van der Waals surface area contributed by atoms with E-state index in [1.54, 1.807) is 24.5 Å². The number of amides is 1. The van der Waals surface area contributed by atoms with Crippen LogP contribution in [-0.2, 0) is 17.3 Å². The Balaban J connectivity index is 1.58. The third-order valence-corrected chi connectivity index (χ3v) is 6.35. The summed E-state index contributed by atoms with van der Waals surface area (Å²) < 4.78 is 5.85. The summed E-state index contributed by atoms with van der Waals surface area (Å²) in [7, 11) is 0. The van der Waals surface area contributed by atoms with Crippen molar-refractivity contribution in [2.24, 2.45) is 0 Å². The number of nitrogens with one attached hydrogen (secondary N) is 1. The molecule has 1 aromatic carbocycles. The van der Waals surface area contributed by atoms with Gasteiger partial charge in [0, 0.05) is 18.8 Å². The fourth-order valence-corrected chi connectivity index (χ4v) is 4.27. The van der Waals surface area contributed by atoms with E-state index in [1.165, 1.54) is 35.1 Å². The van der Waals surface area contributed by atoms with E-state index in [0.29, 0.717) is 6.42 Å². The lowest BCUT2D eigenvalue weighted by atomic mass is 9.62. The highest BCUT2D eigenvalue weighted by molar-refractivity contribution is 6.01. The van der Waals surface area contributed by atoms with Gasteiger partial charge in [-0.15, -0.1) is 0 Å². The van der Waals surface area contributed by atoms with Gasteiger partial charge in [-0.05, 0) is 71.0 Å². The van der Waals surface area contributed by atoms with E-state index >= 15 is 0 Å². The quantitative estimate of drug-likeness (QED) is 0.618. The number of carbonyl (C=O) groups is 1. The van der Waals surface area contributed by atoms with Crippen molar-refractivity contribution in [1.82, 2.24) is 9.97 Å². The number of rotatable bonds is 4. The van der Waals surface area contributed by atoms with Crippen molar-refractivity contribution < 1.29 is 9.21 Å². The lowest BCUT2D eigenvalue weighted by Gasteiger charge is -2.42. The van der Waals surface area contributed by atoms with E-state index in [9.17, 15) is 4.79 Å². The van der Waals surface area contributed by atoms with Gasteiger partial charge in [0.25, 0.3) is 5.91 Å². The van der Waals surface area contributed by atoms with Gasteiger partial charge < -0.3 is 4.42 Å². The largest absolute Gasteiger partial charge is 0.456 e. The van der Waals surface area contributed by atoms with Crippen LogP contribution in [0.3, 0.4) is 0 Å². The maximum Gasteiger partial charge on any atom is 0.293 e. The average Bonchev–Trinajstić information content (AvgIpc) is 3.16. The molecule has 2 aromatic heterocycles. The molecule has 1 aliphatic rings. The summed E-state index contributed by atoms with van der Waals surface area (Å²) in [5.41, 5.74) is 5.76. The second-order valence-electron chi connectivity index (χ2n) is 9.56. The Hall–Kier alpha value is -2.95. The van der Waals surface area contributed by atoms with Crippen molar-refractivity contribution in [3.05, 3.63) is 76.5 Å². The molecule has 2 heterocycles. The summed E-state index contributed by atoms with van der Waals surface area (Å²) in [4.78, 5) is 20.4. The van der Waals surface area contributed by atoms with Crippen molar-refractivity contribution >= 4 is 11.9 Å². The minimum atomic E-state index is -0.350. The maximum absolute atomic E-state index is 12.4. The summed E-state index contributed by atoms with van der Waals surface area (Å²) in [6.45, 7) is 11.5. The second kappa shape index (κ2) is 7.38. The zero-order valence-corrected chi connectivity index (χ0v) is 18.4. The molecule has 1 aliphatic carbocycles. The van der Waals surface area contributed by atoms with Crippen LogP contribution in [0.25, 0.3) is 0 Å². The number of fused-ring (bicyclic) bond motifs is 1. The molecule has 0 radical (unpaired) electrons. The van der Waals surface area contributed by atoms with Crippen LogP contribution in [0.5, 0.6) is 0 Å². The standard InChI is InChI=1S/C25H29N3O2/c1-16-13-19-20(25(4,5)10-9-24(19,2)3)15-17(16)14-18-7-8-21(30-18)22(29)28-23-26-11-6-12-27-23/h6-8,11-13,15H,9-10,14H2,1-5H3,(H,26,27,28,29). The van der Waals surface area contributed by atoms with Crippen molar-refractivity contribution in [1.29, 1.82) is 0 Å². The van der Waals surface area contributed by atoms with Gasteiger partial charge in [-0.2, -0.15) is 0 Å². The van der Waals surface area contributed by atoms with Crippen LogP contribution in [0, 0.1) is 6.92 Å². The Morgan fingerprint density at radius 1 is 1.03 bits per heavy atom. The van der Waals surface area contributed by atoms with E-state index in [0.717, 1.165) is 5.76 Å². The van der Waals surface area contributed by atoms with E-state index in [-0.39, 0.29) is 28.4 Å². The molecule has 4 rings (SSSR count). The number of furan rings is 1. The first-order valence-corrected chi connectivity index (χ1v) is 10.5. The molecule has 0 saturated heterocycles. The third kappa shape index (κ3) is 3.89. The molecule has 30 heavy (non-hydrogen) atoms. The molecule has 0 spiro atoms. The number of nitrogens with zero attached hydrogens (tertiary/aromatic N) is 2. The lowest BCUT2D eigenvalue weighted by Crippen LogP contribution is -2.34. The Labute approximate surface area is 177 Å². The van der Waals surface area contributed by atoms with Crippen LogP contribution in [0.4, 0.5) is 5.95 Å². The third-order valence-electron chi connectivity index (χ3n) is 6.35. The van der Waals surface area contributed by atoms with E-state index in [1.807, 2.05) is 6.07 Å². The number of carbonyl (C=O) groups excluding carboxylic acids is 1. The van der Waals surface area contributed by atoms with Gasteiger partial charge in [-0.1, -0.05) is 39.8 Å². The van der Waals surface area contributed by atoms with Gasteiger partial charge in [-0.3, -0.25) is 10.1 Å².